The Balaban J connectivity index is 2.37. The average Bonchev–Trinajstić information content (AvgIpc) is 2.97. The van der Waals surface area contributed by atoms with Crippen molar-refractivity contribution in [1.82, 2.24) is 0 Å². The predicted octanol–water partition coefficient (Wildman–Crippen LogP) is 1.76. The number of hydrogen-bond donors (Lipinski definition) is 2. The van der Waals surface area contributed by atoms with Crippen LogP contribution in [0.2, 0.25) is 0 Å². The molecule has 36 heavy (non-hydrogen) atoms. The molecule has 0 bridgehead atoms. The zero-order valence-corrected chi connectivity index (χ0v) is 21.6. The fourth-order valence-electron chi connectivity index (χ4n) is 6.07. The van der Waals surface area contributed by atoms with Crippen LogP contribution in [0.3, 0.4) is 0 Å². The van der Waals surface area contributed by atoms with Crippen molar-refractivity contribution in [3.05, 3.63) is 23.8 Å². The van der Waals surface area contributed by atoms with E-state index in [1.54, 1.807) is 13.8 Å². The molecule has 2 fully saturated rings. The van der Waals surface area contributed by atoms with Gasteiger partial charge in [0, 0.05) is 33.1 Å². The Morgan fingerprint density at radius 3 is 2.19 bits per heavy atom. The van der Waals surface area contributed by atoms with Crippen molar-refractivity contribution in [2.24, 2.45) is 17.3 Å². The minimum atomic E-state index is -2.06. The number of fused-ring (bicyclic) bond motifs is 2. The van der Waals surface area contributed by atoms with Gasteiger partial charge in [0.2, 0.25) is 0 Å². The first kappa shape index (κ1) is 27.9. The van der Waals surface area contributed by atoms with Crippen LogP contribution in [0.15, 0.2) is 23.8 Å². The van der Waals surface area contributed by atoms with E-state index in [0.29, 0.717) is 24.0 Å². The molecule has 9 atom stereocenters. The lowest BCUT2D eigenvalue weighted by Gasteiger charge is -2.55. The second-order valence-corrected chi connectivity index (χ2v) is 10.4. The highest BCUT2D eigenvalue weighted by atomic mass is 16.6. The Bertz CT molecular complexity index is 985. The number of ether oxygens (including phenoxy) is 4. The van der Waals surface area contributed by atoms with Crippen molar-refractivity contribution in [2.75, 3.05) is 0 Å². The van der Waals surface area contributed by atoms with Gasteiger partial charge in [-0.05, 0) is 38.3 Å². The van der Waals surface area contributed by atoms with Crippen molar-refractivity contribution in [3.8, 4) is 0 Å². The van der Waals surface area contributed by atoms with Gasteiger partial charge in [0.05, 0.1) is 17.4 Å². The van der Waals surface area contributed by atoms with E-state index >= 15 is 0 Å². The number of carbonyl (C=O) groups is 4. The lowest BCUT2D eigenvalue weighted by molar-refractivity contribution is -0.221. The maximum Gasteiger partial charge on any atom is 0.312 e. The van der Waals surface area contributed by atoms with Gasteiger partial charge in [-0.15, -0.1) is 0 Å². The topological polar surface area (TPSA) is 146 Å². The van der Waals surface area contributed by atoms with Gasteiger partial charge >= 0.3 is 23.9 Å². The van der Waals surface area contributed by atoms with E-state index in [1.165, 1.54) is 33.8 Å². The molecule has 2 aliphatic carbocycles. The summed E-state index contributed by atoms with van der Waals surface area (Å²) < 4.78 is 22.7. The molecule has 1 unspecified atom stereocenters. The average molecular weight is 509 g/mol. The van der Waals surface area contributed by atoms with Gasteiger partial charge < -0.3 is 29.2 Å². The third-order valence-electron chi connectivity index (χ3n) is 8.02. The smallest absolute Gasteiger partial charge is 0.312 e. The first-order chi connectivity index (χ1) is 16.6. The number of hydrogen-bond acceptors (Lipinski definition) is 10. The van der Waals surface area contributed by atoms with Crippen molar-refractivity contribution in [2.45, 2.75) is 96.9 Å². The third kappa shape index (κ3) is 4.68. The molecule has 1 saturated heterocycles. The van der Waals surface area contributed by atoms with Gasteiger partial charge in [-0.1, -0.05) is 19.1 Å². The molecule has 0 aromatic carbocycles. The highest BCUT2D eigenvalue weighted by molar-refractivity contribution is 5.78. The Morgan fingerprint density at radius 2 is 1.64 bits per heavy atom. The summed E-state index contributed by atoms with van der Waals surface area (Å²) in [7, 11) is 0. The van der Waals surface area contributed by atoms with Crippen LogP contribution in [0.4, 0.5) is 0 Å². The molecule has 3 aliphatic rings. The molecule has 3 rings (SSSR count). The SMILES string of the molecule is C=C1CC[C@H](OC(C)=O)[C@]2(C)[C@@H](OC(C)=O)C[C@@H](O)/C(C)=C\[C@@H]3OC(=O)[C@H](C)[C@]3(O)C(OC(C)=O)[C@@H]12. The lowest BCUT2D eigenvalue weighted by Crippen LogP contribution is -2.66. The van der Waals surface area contributed by atoms with Crippen LogP contribution in [0, 0.1) is 17.3 Å². The highest BCUT2D eigenvalue weighted by Gasteiger charge is 2.67. The van der Waals surface area contributed by atoms with Crippen LogP contribution >= 0.6 is 0 Å². The Hall–Kier alpha value is -2.72. The predicted molar refractivity (Wildman–Crippen MR) is 125 cm³/mol. The van der Waals surface area contributed by atoms with E-state index < -0.39 is 77.2 Å². The molecule has 1 heterocycles. The summed E-state index contributed by atoms with van der Waals surface area (Å²) in [5.74, 6) is -4.68. The van der Waals surface area contributed by atoms with Gasteiger partial charge in [-0.2, -0.15) is 0 Å². The fourth-order valence-corrected chi connectivity index (χ4v) is 6.07. The zero-order valence-electron chi connectivity index (χ0n) is 21.6. The van der Waals surface area contributed by atoms with Crippen molar-refractivity contribution < 1.29 is 48.3 Å². The van der Waals surface area contributed by atoms with E-state index in [9.17, 15) is 29.4 Å². The fraction of sp³-hybridized carbons (Fsp3) is 0.692. The summed E-state index contributed by atoms with van der Waals surface area (Å²) >= 11 is 0. The first-order valence-corrected chi connectivity index (χ1v) is 12.1. The van der Waals surface area contributed by atoms with Gasteiger partial charge in [0.1, 0.15) is 18.3 Å². The molecule has 1 aliphatic heterocycles. The zero-order chi connectivity index (χ0) is 27.2. The second kappa shape index (κ2) is 9.97. The molecular weight excluding hydrogens is 472 g/mol. The molecule has 200 valence electrons. The van der Waals surface area contributed by atoms with Crippen LogP contribution in [0.1, 0.15) is 60.8 Å². The summed E-state index contributed by atoms with van der Waals surface area (Å²) in [6, 6.07) is 0. The van der Waals surface area contributed by atoms with E-state index in [1.807, 2.05) is 0 Å². The molecule has 0 aromatic rings. The first-order valence-electron chi connectivity index (χ1n) is 12.1. The standard InChI is InChI=1S/C26H36O10/c1-12-8-9-19(33-15(4)27)25(7)20(34-16(5)28)11-18(30)13(2)10-21-26(32,14(3)24(31)36-21)23(22(12)25)35-17(6)29/h10,14,18-23,30,32H,1,8-9,11H2,2-7H3/b13-10-/t14-,18+,19-,20-,21-,22+,23?,25+,26+/m0/s1. The summed E-state index contributed by atoms with van der Waals surface area (Å²) in [5.41, 5.74) is -2.45. The van der Waals surface area contributed by atoms with Crippen LogP contribution in [-0.2, 0) is 38.1 Å². The third-order valence-corrected chi connectivity index (χ3v) is 8.02. The van der Waals surface area contributed by atoms with E-state index in [4.69, 9.17) is 18.9 Å². The molecule has 1 saturated carbocycles. The van der Waals surface area contributed by atoms with Crippen molar-refractivity contribution in [1.29, 1.82) is 0 Å². The van der Waals surface area contributed by atoms with Crippen LogP contribution in [-0.4, -0.2) is 70.2 Å². The minimum Gasteiger partial charge on any atom is -0.462 e. The summed E-state index contributed by atoms with van der Waals surface area (Å²) in [6.07, 6.45) is -3.62. The normalized spacial score (nSPS) is 42.1. The maximum absolute atomic E-state index is 12.7. The Labute approximate surface area is 210 Å². The van der Waals surface area contributed by atoms with Crippen molar-refractivity contribution in [3.63, 3.8) is 0 Å². The molecule has 0 amide bonds. The summed E-state index contributed by atoms with van der Waals surface area (Å²) in [4.78, 5) is 49.5. The summed E-state index contributed by atoms with van der Waals surface area (Å²) in [6.45, 7) is 12.6. The lowest BCUT2D eigenvalue weighted by atomic mass is 9.54. The Kier molecular flexibility index (Phi) is 7.72. The van der Waals surface area contributed by atoms with E-state index in [0.717, 1.165) is 0 Å². The minimum absolute atomic E-state index is 0.0819. The van der Waals surface area contributed by atoms with E-state index in [-0.39, 0.29) is 6.42 Å². The number of esters is 4. The molecule has 2 N–H and O–H groups in total. The summed E-state index contributed by atoms with van der Waals surface area (Å²) in [5, 5.41) is 23.3. The van der Waals surface area contributed by atoms with Crippen LogP contribution in [0.25, 0.3) is 0 Å². The largest absolute Gasteiger partial charge is 0.462 e. The van der Waals surface area contributed by atoms with Gasteiger partial charge in [0.25, 0.3) is 0 Å². The van der Waals surface area contributed by atoms with Gasteiger partial charge in [-0.3, -0.25) is 19.2 Å². The van der Waals surface area contributed by atoms with Gasteiger partial charge in [0.15, 0.2) is 11.7 Å². The Morgan fingerprint density at radius 1 is 1.08 bits per heavy atom. The van der Waals surface area contributed by atoms with Crippen LogP contribution < -0.4 is 0 Å². The molecule has 0 aromatic heterocycles. The molecular formula is C26H36O10. The molecule has 0 radical (unpaired) electrons. The number of aliphatic hydroxyl groups is 2. The van der Waals surface area contributed by atoms with Crippen molar-refractivity contribution >= 4 is 23.9 Å². The molecule has 10 heteroatoms. The number of rotatable bonds is 3. The quantitative estimate of drug-likeness (QED) is 0.328. The molecule has 0 spiro atoms. The van der Waals surface area contributed by atoms with Crippen LogP contribution in [0.5, 0.6) is 0 Å². The highest BCUT2D eigenvalue weighted by Crippen LogP contribution is 2.56. The maximum atomic E-state index is 12.7. The van der Waals surface area contributed by atoms with Gasteiger partial charge in [-0.25, -0.2) is 0 Å². The molecule has 10 nitrogen and oxygen atoms in total. The second-order valence-electron chi connectivity index (χ2n) is 10.4. The number of aliphatic hydroxyl groups excluding tert-OH is 1. The monoisotopic (exact) mass is 508 g/mol. The number of carbonyl (C=O) groups excluding carboxylic acids is 4. The van der Waals surface area contributed by atoms with E-state index in [2.05, 4.69) is 6.58 Å².